The van der Waals surface area contributed by atoms with Crippen LogP contribution in [-0.4, -0.2) is 36.5 Å². The molecule has 1 aromatic carbocycles. The van der Waals surface area contributed by atoms with Gasteiger partial charge in [0, 0.05) is 12.6 Å². The van der Waals surface area contributed by atoms with Gasteiger partial charge in [-0.2, -0.15) is 5.26 Å². The van der Waals surface area contributed by atoms with E-state index in [0.29, 0.717) is 23.9 Å². The highest BCUT2D eigenvalue weighted by atomic mass is 16.1. The maximum Gasteiger partial charge on any atom is 0.224 e. The van der Waals surface area contributed by atoms with Crippen molar-refractivity contribution in [3.63, 3.8) is 0 Å². The van der Waals surface area contributed by atoms with E-state index in [1.54, 1.807) is 12.1 Å². The molecule has 0 radical (unpaired) electrons. The van der Waals surface area contributed by atoms with Crippen LogP contribution < -0.4 is 5.32 Å². The van der Waals surface area contributed by atoms with Crippen molar-refractivity contribution in [3.8, 4) is 6.07 Å². The Kier molecular flexibility index (Phi) is 3.70. The van der Waals surface area contributed by atoms with E-state index in [2.05, 4.69) is 16.3 Å². The first-order valence-corrected chi connectivity index (χ1v) is 7.25. The summed E-state index contributed by atoms with van der Waals surface area (Å²) in [5, 5.41) is 11.9. The van der Waals surface area contributed by atoms with Gasteiger partial charge in [-0.05, 0) is 49.5 Å². The summed E-state index contributed by atoms with van der Waals surface area (Å²) in [6, 6.07) is 9.64. The third kappa shape index (κ3) is 2.83. The number of hydrogen-bond donors (Lipinski definition) is 1. The van der Waals surface area contributed by atoms with Gasteiger partial charge in [-0.3, -0.25) is 4.79 Å². The number of hydrogen-bond acceptors (Lipinski definition) is 3. The number of rotatable bonds is 3. The predicted molar refractivity (Wildman–Crippen MR) is 76.0 cm³/mol. The highest BCUT2D eigenvalue weighted by Crippen LogP contribution is 2.27. The molecule has 2 bridgehead atoms. The topological polar surface area (TPSA) is 56.1 Å². The molecule has 0 aliphatic carbocycles. The van der Waals surface area contributed by atoms with Crippen LogP contribution in [-0.2, 0) is 11.2 Å². The molecule has 3 heterocycles. The summed E-state index contributed by atoms with van der Waals surface area (Å²) >= 11 is 0. The Morgan fingerprint density at radius 1 is 1.30 bits per heavy atom. The number of carbonyl (C=O) groups excluding carboxylic acids is 1. The summed E-state index contributed by atoms with van der Waals surface area (Å²) in [6.07, 6.45) is 2.82. The van der Waals surface area contributed by atoms with Gasteiger partial charge in [0.1, 0.15) is 0 Å². The smallest absolute Gasteiger partial charge is 0.224 e. The Balaban J connectivity index is 1.55. The Labute approximate surface area is 119 Å². The van der Waals surface area contributed by atoms with E-state index in [1.165, 1.54) is 25.9 Å². The number of benzene rings is 1. The van der Waals surface area contributed by atoms with Crippen molar-refractivity contribution >= 4 is 5.91 Å². The van der Waals surface area contributed by atoms with E-state index in [1.807, 2.05) is 12.1 Å². The first kappa shape index (κ1) is 13.1. The fourth-order valence-electron chi connectivity index (χ4n) is 3.27. The van der Waals surface area contributed by atoms with Crippen LogP contribution in [0.15, 0.2) is 24.3 Å². The molecule has 104 valence electrons. The summed E-state index contributed by atoms with van der Waals surface area (Å²) in [5.41, 5.74) is 1.59. The lowest BCUT2D eigenvalue weighted by Crippen LogP contribution is -2.57. The Morgan fingerprint density at radius 2 is 2.00 bits per heavy atom. The second-order valence-corrected chi connectivity index (χ2v) is 5.80. The van der Waals surface area contributed by atoms with E-state index >= 15 is 0 Å². The third-order valence-corrected chi connectivity index (χ3v) is 4.45. The van der Waals surface area contributed by atoms with Crippen LogP contribution in [0.4, 0.5) is 0 Å². The monoisotopic (exact) mass is 269 g/mol. The second-order valence-electron chi connectivity index (χ2n) is 5.80. The number of fused-ring (bicyclic) bond motifs is 3. The second kappa shape index (κ2) is 5.64. The van der Waals surface area contributed by atoms with Gasteiger partial charge in [0.25, 0.3) is 0 Å². The quantitative estimate of drug-likeness (QED) is 0.900. The van der Waals surface area contributed by atoms with Crippen LogP contribution >= 0.6 is 0 Å². The van der Waals surface area contributed by atoms with Crippen molar-refractivity contribution in [2.24, 2.45) is 5.92 Å². The van der Waals surface area contributed by atoms with Gasteiger partial charge >= 0.3 is 0 Å². The molecule has 4 heteroatoms. The van der Waals surface area contributed by atoms with E-state index in [9.17, 15) is 4.79 Å². The maximum absolute atomic E-state index is 12.1. The lowest BCUT2D eigenvalue weighted by Gasteiger charge is -2.44. The fraction of sp³-hybridized carbons (Fsp3) is 0.500. The molecule has 3 aliphatic rings. The molecule has 0 spiro atoms. The van der Waals surface area contributed by atoms with Crippen LogP contribution in [0.1, 0.15) is 24.0 Å². The number of amides is 1. The lowest BCUT2D eigenvalue weighted by atomic mass is 9.84. The number of nitrogens with zero attached hydrogens (tertiary/aromatic N) is 2. The minimum atomic E-state index is 0.0912. The van der Waals surface area contributed by atoms with E-state index in [-0.39, 0.29) is 5.91 Å². The van der Waals surface area contributed by atoms with Gasteiger partial charge in [-0.25, -0.2) is 0 Å². The van der Waals surface area contributed by atoms with Crippen LogP contribution in [0.2, 0.25) is 0 Å². The molecular weight excluding hydrogens is 250 g/mol. The Morgan fingerprint density at radius 3 is 2.55 bits per heavy atom. The third-order valence-electron chi connectivity index (χ3n) is 4.45. The molecule has 4 nitrogen and oxygen atoms in total. The molecule has 1 atom stereocenters. The largest absolute Gasteiger partial charge is 0.352 e. The van der Waals surface area contributed by atoms with Crippen molar-refractivity contribution in [2.45, 2.75) is 25.3 Å². The molecule has 1 aromatic rings. The maximum atomic E-state index is 12.1. The van der Waals surface area contributed by atoms with Crippen LogP contribution in [0, 0.1) is 17.2 Å². The zero-order valence-electron chi connectivity index (χ0n) is 11.5. The van der Waals surface area contributed by atoms with Gasteiger partial charge in [0.2, 0.25) is 5.91 Å². The average molecular weight is 269 g/mol. The Hall–Kier alpha value is -1.86. The average Bonchev–Trinajstić information content (AvgIpc) is 2.49. The van der Waals surface area contributed by atoms with E-state index in [0.717, 1.165) is 12.1 Å². The molecule has 3 aliphatic heterocycles. The number of piperidine rings is 3. The highest BCUT2D eigenvalue weighted by molar-refractivity contribution is 5.79. The van der Waals surface area contributed by atoms with E-state index < -0.39 is 0 Å². The van der Waals surface area contributed by atoms with Crippen LogP contribution in [0.5, 0.6) is 0 Å². The molecule has 20 heavy (non-hydrogen) atoms. The fourth-order valence-corrected chi connectivity index (χ4v) is 3.27. The van der Waals surface area contributed by atoms with Crippen molar-refractivity contribution < 1.29 is 4.79 Å². The van der Waals surface area contributed by atoms with Gasteiger partial charge in [0.15, 0.2) is 0 Å². The molecule has 3 fully saturated rings. The van der Waals surface area contributed by atoms with Crippen LogP contribution in [0.3, 0.4) is 0 Å². The first-order valence-electron chi connectivity index (χ1n) is 7.25. The molecule has 1 N–H and O–H groups in total. The number of nitrogens with one attached hydrogen (secondary N) is 1. The minimum absolute atomic E-state index is 0.0912. The van der Waals surface area contributed by atoms with E-state index in [4.69, 9.17) is 5.26 Å². The van der Waals surface area contributed by atoms with Gasteiger partial charge in [-0.1, -0.05) is 12.1 Å². The summed E-state index contributed by atoms with van der Waals surface area (Å²) in [6.45, 7) is 3.38. The summed E-state index contributed by atoms with van der Waals surface area (Å²) in [5.74, 6) is 0.748. The molecule has 0 aromatic heterocycles. The Bertz CT molecular complexity index is 524. The number of carbonyl (C=O) groups is 1. The summed E-state index contributed by atoms with van der Waals surface area (Å²) < 4.78 is 0. The summed E-state index contributed by atoms with van der Waals surface area (Å²) in [4.78, 5) is 14.6. The van der Waals surface area contributed by atoms with Crippen molar-refractivity contribution in [1.29, 1.82) is 5.26 Å². The summed E-state index contributed by atoms with van der Waals surface area (Å²) in [7, 11) is 0. The standard InChI is InChI=1S/C16H19N3O/c17-10-13-3-1-12(2-4-13)9-16(20)18-15-11-19-7-5-14(15)6-8-19/h1-4,14-15H,5-9,11H2,(H,18,20). The van der Waals surface area contributed by atoms with Crippen molar-refractivity contribution in [3.05, 3.63) is 35.4 Å². The lowest BCUT2D eigenvalue weighted by molar-refractivity contribution is -0.122. The minimum Gasteiger partial charge on any atom is -0.352 e. The van der Waals surface area contributed by atoms with Crippen LogP contribution in [0.25, 0.3) is 0 Å². The highest BCUT2D eigenvalue weighted by Gasteiger charge is 2.34. The molecular formula is C16H19N3O. The molecule has 1 unspecified atom stereocenters. The number of nitriles is 1. The predicted octanol–water partition coefficient (Wildman–Crippen LogP) is 1.31. The first-order chi connectivity index (χ1) is 9.74. The van der Waals surface area contributed by atoms with Crippen molar-refractivity contribution in [1.82, 2.24) is 10.2 Å². The zero-order valence-corrected chi connectivity index (χ0v) is 11.5. The normalized spacial score (nSPS) is 27.9. The SMILES string of the molecule is N#Cc1ccc(CC(=O)NC2CN3CCC2CC3)cc1. The molecule has 4 rings (SSSR count). The zero-order chi connectivity index (χ0) is 13.9. The van der Waals surface area contributed by atoms with Gasteiger partial charge in [0.05, 0.1) is 18.1 Å². The molecule has 3 saturated heterocycles. The van der Waals surface area contributed by atoms with Gasteiger partial charge in [-0.15, -0.1) is 0 Å². The van der Waals surface area contributed by atoms with Crippen molar-refractivity contribution in [2.75, 3.05) is 19.6 Å². The molecule has 0 saturated carbocycles. The van der Waals surface area contributed by atoms with Gasteiger partial charge < -0.3 is 10.2 Å². The molecule has 1 amide bonds.